The lowest BCUT2D eigenvalue weighted by atomic mass is 10.1. The van der Waals surface area contributed by atoms with Crippen LogP contribution in [-0.4, -0.2) is 51.9 Å². The van der Waals surface area contributed by atoms with Gasteiger partial charge in [0.2, 0.25) is 0 Å². The Labute approximate surface area is 188 Å². The Morgan fingerprint density at radius 3 is 2.74 bits per heavy atom. The zero-order valence-electron chi connectivity index (χ0n) is 16.8. The number of para-hydroxylation sites is 1. The molecule has 1 aromatic carbocycles. The van der Waals surface area contributed by atoms with Crippen molar-refractivity contribution >= 4 is 45.1 Å². The molecular formula is C22H21N5O2S2. The van der Waals surface area contributed by atoms with Crippen LogP contribution in [0.1, 0.15) is 22.5 Å². The molecule has 0 bridgehead atoms. The van der Waals surface area contributed by atoms with E-state index in [-0.39, 0.29) is 5.91 Å². The standard InChI is InChI=1S/C22H21N5O2S2/c28-20(26-10-4-11-27(13-12-26)22-25-9-14-30-22)19-17(15-31-21-23-7-3-8-24-21)16-5-1-2-6-18(16)29-19/h1-3,5-9,14H,4,10-13,15H2. The highest BCUT2D eigenvalue weighted by Gasteiger charge is 2.27. The second-order valence-electron chi connectivity index (χ2n) is 7.17. The van der Waals surface area contributed by atoms with Gasteiger partial charge in [0.1, 0.15) is 5.58 Å². The number of benzene rings is 1. The van der Waals surface area contributed by atoms with Gasteiger partial charge in [-0.05, 0) is 18.6 Å². The first-order chi connectivity index (χ1) is 15.3. The topological polar surface area (TPSA) is 75.4 Å². The van der Waals surface area contributed by atoms with Gasteiger partial charge >= 0.3 is 0 Å². The molecular weight excluding hydrogens is 430 g/mol. The average molecular weight is 452 g/mol. The number of anilines is 1. The predicted octanol–water partition coefficient (Wildman–Crippen LogP) is 4.32. The molecule has 0 aliphatic carbocycles. The molecule has 1 amide bonds. The zero-order valence-corrected chi connectivity index (χ0v) is 18.4. The van der Waals surface area contributed by atoms with Crippen molar-refractivity contribution in [1.82, 2.24) is 19.9 Å². The molecule has 0 spiro atoms. The molecule has 9 heteroatoms. The second-order valence-corrected chi connectivity index (χ2v) is 8.99. The Morgan fingerprint density at radius 2 is 1.90 bits per heavy atom. The van der Waals surface area contributed by atoms with Gasteiger partial charge in [0.05, 0.1) is 0 Å². The molecule has 0 atom stereocenters. The van der Waals surface area contributed by atoms with Crippen molar-refractivity contribution in [2.75, 3.05) is 31.1 Å². The number of thiazole rings is 1. The summed E-state index contributed by atoms with van der Waals surface area (Å²) in [5.74, 6) is 0.940. The minimum Gasteiger partial charge on any atom is -0.451 e. The van der Waals surface area contributed by atoms with Crippen molar-refractivity contribution in [3.63, 3.8) is 0 Å². The van der Waals surface area contributed by atoms with E-state index in [0.717, 1.165) is 41.2 Å². The van der Waals surface area contributed by atoms with E-state index in [1.165, 1.54) is 11.8 Å². The minimum atomic E-state index is -0.0539. The summed E-state index contributed by atoms with van der Waals surface area (Å²) in [4.78, 5) is 30.6. The van der Waals surface area contributed by atoms with Gasteiger partial charge in [-0.25, -0.2) is 15.0 Å². The quantitative estimate of drug-likeness (QED) is 0.330. The normalized spacial score (nSPS) is 14.7. The monoisotopic (exact) mass is 451 g/mol. The Kier molecular flexibility index (Phi) is 5.86. The Morgan fingerprint density at radius 1 is 1.03 bits per heavy atom. The molecule has 7 nitrogen and oxygen atoms in total. The van der Waals surface area contributed by atoms with Crippen LogP contribution < -0.4 is 4.90 Å². The maximum Gasteiger partial charge on any atom is 0.289 e. The SMILES string of the molecule is O=C(c1oc2ccccc2c1CSc1ncccn1)N1CCCN(c2nccs2)CC1. The second kappa shape index (κ2) is 9.07. The molecule has 1 fully saturated rings. The van der Waals surface area contributed by atoms with Crippen molar-refractivity contribution in [2.24, 2.45) is 0 Å². The number of carbonyl (C=O) groups is 1. The van der Waals surface area contributed by atoms with Crippen LogP contribution in [0.2, 0.25) is 0 Å². The van der Waals surface area contributed by atoms with E-state index in [1.807, 2.05) is 40.7 Å². The number of amides is 1. The molecule has 1 saturated heterocycles. The third-order valence-electron chi connectivity index (χ3n) is 5.25. The predicted molar refractivity (Wildman–Crippen MR) is 123 cm³/mol. The van der Waals surface area contributed by atoms with Crippen molar-refractivity contribution < 1.29 is 9.21 Å². The van der Waals surface area contributed by atoms with E-state index < -0.39 is 0 Å². The number of rotatable bonds is 5. The van der Waals surface area contributed by atoms with Crippen LogP contribution in [0, 0.1) is 0 Å². The van der Waals surface area contributed by atoms with Gasteiger partial charge in [-0.15, -0.1) is 11.3 Å². The summed E-state index contributed by atoms with van der Waals surface area (Å²) in [5, 5.41) is 4.64. The van der Waals surface area contributed by atoms with Crippen LogP contribution in [0.3, 0.4) is 0 Å². The summed E-state index contributed by atoms with van der Waals surface area (Å²) in [6.45, 7) is 3.00. The van der Waals surface area contributed by atoms with Gasteiger partial charge in [0, 0.05) is 66.9 Å². The molecule has 5 rings (SSSR count). The van der Waals surface area contributed by atoms with E-state index in [1.54, 1.807) is 29.8 Å². The molecule has 3 aromatic heterocycles. The molecule has 158 valence electrons. The number of furan rings is 1. The van der Waals surface area contributed by atoms with Gasteiger partial charge in [0.15, 0.2) is 16.0 Å². The molecule has 4 heterocycles. The lowest BCUT2D eigenvalue weighted by molar-refractivity contribution is 0.0736. The number of aromatic nitrogens is 3. The molecule has 31 heavy (non-hydrogen) atoms. The van der Waals surface area contributed by atoms with Crippen LogP contribution in [0.5, 0.6) is 0 Å². The van der Waals surface area contributed by atoms with Gasteiger partial charge in [-0.1, -0.05) is 30.0 Å². The van der Waals surface area contributed by atoms with E-state index >= 15 is 0 Å². The number of fused-ring (bicyclic) bond motifs is 1. The largest absolute Gasteiger partial charge is 0.451 e. The van der Waals surface area contributed by atoms with Gasteiger partial charge in [0.25, 0.3) is 5.91 Å². The zero-order chi connectivity index (χ0) is 21.0. The summed E-state index contributed by atoms with van der Waals surface area (Å²) in [6, 6.07) is 9.60. The first-order valence-electron chi connectivity index (χ1n) is 10.1. The highest BCUT2D eigenvalue weighted by atomic mass is 32.2. The van der Waals surface area contributed by atoms with E-state index in [9.17, 15) is 4.79 Å². The Balaban J connectivity index is 1.39. The summed E-state index contributed by atoms with van der Waals surface area (Å²) in [5.41, 5.74) is 1.63. The Bertz CT molecular complexity index is 1160. The fourth-order valence-corrected chi connectivity index (χ4v) is 5.27. The molecule has 4 aromatic rings. The summed E-state index contributed by atoms with van der Waals surface area (Å²) in [7, 11) is 0. The highest BCUT2D eigenvalue weighted by Crippen LogP contribution is 2.32. The van der Waals surface area contributed by atoms with Crippen molar-refractivity contribution in [3.05, 3.63) is 65.6 Å². The fourth-order valence-electron chi connectivity index (χ4n) is 3.74. The van der Waals surface area contributed by atoms with Crippen LogP contribution in [0.4, 0.5) is 5.13 Å². The number of nitrogens with zero attached hydrogens (tertiary/aromatic N) is 5. The van der Waals surface area contributed by atoms with Crippen LogP contribution in [-0.2, 0) is 5.75 Å². The lowest BCUT2D eigenvalue weighted by Gasteiger charge is -2.21. The summed E-state index contributed by atoms with van der Waals surface area (Å²) in [6.07, 6.45) is 6.16. The molecule has 0 radical (unpaired) electrons. The lowest BCUT2D eigenvalue weighted by Crippen LogP contribution is -2.35. The van der Waals surface area contributed by atoms with E-state index in [4.69, 9.17) is 4.42 Å². The third-order valence-corrected chi connectivity index (χ3v) is 6.99. The maximum atomic E-state index is 13.5. The smallest absolute Gasteiger partial charge is 0.289 e. The van der Waals surface area contributed by atoms with Crippen molar-refractivity contribution in [2.45, 2.75) is 17.3 Å². The van der Waals surface area contributed by atoms with Gasteiger partial charge in [-0.3, -0.25) is 4.79 Å². The molecule has 1 aliphatic heterocycles. The number of hydrogen-bond acceptors (Lipinski definition) is 8. The summed E-state index contributed by atoms with van der Waals surface area (Å²) < 4.78 is 6.07. The fraction of sp³-hybridized carbons (Fsp3) is 0.273. The average Bonchev–Trinajstić information content (AvgIpc) is 3.40. The molecule has 0 N–H and O–H groups in total. The van der Waals surface area contributed by atoms with Gasteiger partial charge < -0.3 is 14.2 Å². The van der Waals surface area contributed by atoms with Crippen molar-refractivity contribution in [1.29, 1.82) is 0 Å². The number of carbonyl (C=O) groups excluding carboxylic acids is 1. The molecule has 0 saturated carbocycles. The van der Waals surface area contributed by atoms with Crippen LogP contribution >= 0.6 is 23.1 Å². The van der Waals surface area contributed by atoms with E-state index in [2.05, 4.69) is 19.9 Å². The number of hydrogen-bond donors (Lipinski definition) is 0. The third kappa shape index (κ3) is 4.28. The van der Waals surface area contributed by atoms with Crippen LogP contribution in [0.25, 0.3) is 11.0 Å². The Hall–Kier alpha value is -2.91. The first-order valence-corrected chi connectivity index (χ1v) is 12.0. The minimum absolute atomic E-state index is 0.0539. The van der Waals surface area contributed by atoms with Gasteiger partial charge in [-0.2, -0.15) is 0 Å². The molecule has 1 aliphatic rings. The first kappa shape index (κ1) is 20.0. The number of thioether (sulfide) groups is 1. The van der Waals surface area contributed by atoms with Crippen molar-refractivity contribution in [3.8, 4) is 0 Å². The highest BCUT2D eigenvalue weighted by molar-refractivity contribution is 7.98. The maximum absolute atomic E-state index is 13.5. The van der Waals surface area contributed by atoms with Crippen LogP contribution in [0.15, 0.2) is 63.9 Å². The molecule has 0 unspecified atom stereocenters. The van der Waals surface area contributed by atoms with E-state index in [0.29, 0.717) is 29.8 Å². The summed E-state index contributed by atoms with van der Waals surface area (Å²) >= 11 is 3.14.